The van der Waals surface area contributed by atoms with E-state index in [0.717, 1.165) is 5.56 Å². The van der Waals surface area contributed by atoms with Crippen molar-refractivity contribution in [2.45, 2.75) is 19.4 Å². The second-order valence-corrected chi connectivity index (χ2v) is 5.61. The summed E-state index contributed by atoms with van der Waals surface area (Å²) in [6.45, 7) is 2.76. The lowest BCUT2D eigenvalue weighted by molar-refractivity contribution is -0.118. The molecule has 1 atom stereocenters. The summed E-state index contributed by atoms with van der Waals surface area (Å²) in [5.74, 6) is 0.373. The van der Waals surface area contributed by atoms with Gasteiger partial charge in [-0.3, -0.25) is 4.79 Å². The predicted octanol–water partition coefficient (Wildman–Crippen LogP) is 3.05. The van der Waals surface area contributed by atoms with Crippen LogP contribution in [0.2, 0.25) is 0 Å². The number of halogens is 1. The Kier molecular flexibility index (Phi) is 4.57. The van der Waals surface area contributed by atoms with Gasteiger partial charge in [0.25, 0.3) is 5.91 Å². The topological polar surface area (TPSA) is 50.4 Å². The molecule has 2 N–H and O–H groups in total. The molecule has 1 aliphatic rings. The van der Waals surface area contributed by atoms with Gasteiger partial charge in [0.05, 0.1) is 5.69 Å². The summed E-state index contributed by atoms with van der Waals surface area (Å²) in [5, 5.41) is 6.18. The number of hydrogen-bond donors (Lipinski definition) is 2. The molecule has 120 valence electrons. The average Bonchev–Trinajstić information content (AvgIpc) is 2.55. The number of amides is 1. The molecule has 4 nitrogen and oxygen atoms in total. The Morgan fingerprint density at radius 1 is 1.30 bits per heavy atom. The summed E-state index contributed by atoms with van der Waals surface area (Å²) in [6.07, 6.45) is 0.627. The quantitative estimate of drug-likeness (QED) is 0.892. The van der Waals surface area contributed by atoms with Crippen LogP contribution in [-0.4, -0.2) is 19.1 Å². The van der Waals surface area contributed by atoms with Crippen molar-refractivity contribution in [2.24, 2.45) is 0 Å². The monoisotopic (exact) mass is 314 g/mol. The van der Waals surface area contributed by atoms with E-state index in [2.05, 4.69) is 10.6 Å². The molecule has 2 aromatic carbocycles. The zero-order chi connectivity index (χ0) is 16.2. The van der Waals surface area contributed by atoms with E-state index in [9.17, 15) is 9.18 Å². The van der Waals surface area contributed by atoms with E-state index >= 15 is 0 Å². The molecule has 0 saturated carbocycles. The summed E-state index contributed by atoms with van der Waals surface area (Å²) in [5.41, 5.74) is 2.45. The number of carbonyl (C=O) groups is 1. The fourth-order valence-electron chi connectivity index (χ4n) is 2.61. The van der Waals surface area contributed by atoms with Crippen molar-refractivity contribution in [2.75, 3.05) is 18.5 Å². The number of nitrogens with one attached hydrogen (secondary N) is 2. The molecule has 0 saturated heterocycles. The van der Waals surface area contributed by atoms with E-state index in [4.69, 9.17) is 4.74 Å². The molecule has 0 radical (unpaired) electrons. The summed E-state index contributed by atoms with van der Waals surface area (Å²) in [6, 6.07) is 12.6. The molecular formula is C18H19FN2O2. The first-order chi connectivity index (χ1) is 11.1. The first kappa shape index (κ1) is 15.5. The number of carbonyl (C=O) groups excluding carboxylic acids is 1. The minimum Gasteiger partial charge on any atom is -0.482 e. The van der Waals surface area contributed by atoms with Gasteiger partial charge in [0.2, 0.25) is 0 Å². The fourth-order valence-corrected chi connectivity index (χ4v) is 2.61. The zero-order valence-corrected chi connectivity index (χ0v) is 12.9. The maximum Gasteiger partial charge on any atom is 0.262 e. The van der Waals surface area contributed by atoms with E-state index in [1.165, 1.54) is 6.07 Å². The Balaban J connectivity index is 1.60. The molecule has 3 rings (SSSR count). The van der Waals surface area contributed by atoms with E-state index in [0.29, 0.717) is 30.0 Å². The van der Waals surface area contributed by atoms with Crippen LogP contribution in [0.5, 0.6) is 5.75 Å². The molecule has 1 amide bonds. The zero-order valence-electron chi connectivity index (χ0n) is 12.9. The van der Waals surface area contributed by atoms with Crippen LogP contribution in [-0.2, 0) is 11.2 Å². The largest absolute Gasteiger partial charge is 0.482 e. The van der Waals surface area contributed by atoms with Gasteiger partial charge in [-0.05, 0) is 49.2 Å². The average molecular weight is 314 g/mol. The van der Waals surface area contributed by atoms with Gasteiger partial charge in [-0.25, -0.2) is 4.39 Å². The van der Waals surface area contributed by atoms with Crippen LogP contribution in [0.4, 0.5) is 10.1 Å². The van der Waals surface area contributed by atoms with E-state index in [-0.39, 0.29) is 24.4 Å². The Morgan fingerprint density at radius 3 is 2.96 bits per heavy atom. The SMILES string of the molecule is C[C@@H](NCCc1ccccc1F)c1ccc2c(c1)NC(=O)CO2. The molecule has 5 heteroatoms. The maximum atomic E-state index is 13.6. The summed E-state index contributed by atoms with van der Waals surface area (Å²) in [4.78, 5) is 11.4. The second-order valence-electron chi connectivity index (χ2n) is 5.61. The highest BCUT2D eigenvalue weighted by molar-refractivity contribution is 5.95. The fraction of sp³-hybridized carbons (Fsp3) is 0.278. The number of fused-ring (bicyclic) bond motifs is 1. The molecule has 0 fully saturated rings. The van der Waals surface area contributed by atoms with Crippen molar-refractivity contribution in [1.29, 1.82) is 0 Å². The Bertz CT molecular complexity index is 718. The number of hydrogen-bond acceptors (Lipinski definition) is 3. The Labute approximate surface area is 134 Å². The van der Waals surface area contributed by atoms with Crippen molar-refractivity contribution in [3.63, 3.8) is 0 Å². The second kappa shape index (κ2) is 6.79. The molecular weight excluding hydrogens is 295 g/mol. The molecule has 0 aromatic heterocycles. The third-order valence-corrected chi connectivity index (χ3v) is 3.94. The number of benzene rings is 2. The van der Waals surface area contributed by atoms with Gasteiger partial charge in [0.15, 0.2) is 6.61 Å². The first-order valence-electron chi connectivity index (χ1n) is 7.67. The maximum absolute atomic E-state index is 13.6. The lowest BCUT2D eigenvalue weighted by Gasteiger charge is -2.21. The van der Waals surface area contributed by atoms with Gasteiger partial charge < -0.3 is 15.4 Å². The minimum absolute atomic E-state index is 0.0583. The normalized spacial score (nSPS) is 14.6. The van der Waals surface area contributed by atoms with E-state index in [1.807, 2.05) is 31.2 Å². The van der Waals surface area contributed by atoms with Crippen LogP contribution >= 0.6 is 0 Å². The first-order valence-corrected chi connectivity index (χ1v) is 7.67. The molecule has 1 aliphatic heterocycles. The van der Waals surface area contributed by atoms with Crippen molar-refractivity contribution in [3.8, 4) is 5.75 Å². The van der Waals surface area contributed by atoms with Crippen LogP contribution in [0.25, 0.3) is 0 Å². The van der Waals surface area contributed by atoms with Crippen LogP contribution in [0.3, 0.4) is 0 Å². The highest BCUT2D eigenvalue weighted by atomic mass is 19.1. The van der Waals surface area contributed by atoms with Crippen LogP contribution in [0, 0.1) is 5.82 Å². The molecule has 23 heavy (non-hydrogen) atoms. The number of rotatable bonds is 5. The van der Waals surface area contributed by atoms with Crippen LogP contribution < -0.4 is 15.4 Å². The molecule has 2 aromatic rings. The number of ether oxygens (including phenoxy) is 1. The van der Waals surface area contributed by atoms with Gasteiger partial charge in [-0.1, -0.05) is 24.3 Å². The number of anilines is 1. The van der Waals surface area contributed by atoms with Gasteiger partial charge in [0, 0.05) is 6.04 Å². The minimum atomic E-state index is -0.171. The van der Waals surface area contributed by atoms with Crippen molar-refractivity contribution in [1.82, 2.24) is 5.32 Å². The molecule has 0 aliphatic carbocycles. The van der Waals surface area contributed by atoms with E-state index < -0.39 is 0 Å². The Hall–Kier alpha value is -2.40. The Morgan fingerprint density at radius 2 is 2.13 bits per heavy atom. The van der Waals surface area contributed by atoms with Gasteiger partial charge >= 0.3 is 0 Å². The summed E-state index contributed by atoms with van der Waals surface area (Å²) < 4.78 is 18.9. The predicted molar refractivity (Wildman–Crippen MR) is 87.1 cm³/mol. The molecule has 0 unspecified atom stereocenters. The highest BCUT2D eigenvalue weighted by Crippen LogP contribution is 2.30. The smallest absolute Gasteiger partial charge is 0.262 e. The molecule has 0 bridgehead atoms. The van der Waals surface area contributed by atoms with Gasteiger partial charge in [0.1, 0.15) is 11.6 Å². The molecule has 1 heterocycles. The van der Waals surface area contributed by atoms with Crippen molar-refractivity contribution >= 4 is 11.6 Å². The van der Waals surface area contributed by atoms with Crippen molar-refractivity contribution < 1.29 is 13.9 Å². The lowest BCUT2D eigenvalue weighted by atomic mass is 10.1. The van der Waals surface area contributed by atoms with Gasteiger partial charge in [-0.2, -0.15) is 0 Å². The molecule has 0 spiro atoms. The van der Waals surface area contributed by atoms with Crippen LogP contribution in [0.15, 0.2) is 42.5 Å². The van der Waals surface area contributed by atoms with Crippen LogP contribution in [0.1, 0.15) is 24.1 Å². The summed E-state index contributed by atoms with van der Waals surface area (Å²) in [7, 11) is 0. The van der Waals surface area contributed by atoms with Gasteiger partial charge in [-0.15, -0.1) is 0 Å². The third kappa shape index (κ3) is 3.68. The standard InChI is InChI=1S/C18H19FN2O2/c1-12(20-9-8-13-4-2-3-5-15(13)19)14-6-7-17-16(10-14)21-18(22)11-23-17/h2-7,10,12,20H,8-9,11H2,1H3,(H,21,22)/t12-/m1/s1. The van der Waals surface area contributed by atoms with E-state index in [1.54, 1.807) is 12.1 Å². The third-order valence-electron chi connectivity index (χ3n) is 3.94. The summed E-state index contributed by atoms with van der Waals surface area (Å²) >= 11 is 0. The van der Waals surface area contributed by atoms with Crippen molar-refractivity contribution in [3.05, 3.63) is 59.4 Å². The lowest BCUT2D eigenvalue weighted by Crippen LogP contribution is -2.26. The highest BCUT2D eigenvalue weighted by Gasteiger charge is 2.17.